The second-order valence-electron chi connectivity index (χ2n) is 10.1. The normalized spacial score (nSPS) is 14.8. The van der Waals surface area contributed by atoms with E-state index in [2.05, 4.69) is 25.6 Å². The van der Waals surface area contributed by atoms with Gasteiger partial charge < -0.3 is 16.4 Å². The number of anilines is 1. The van der Waals surface area contributed by atoms with E-state index in [1.54, 1.807) is 19.3 Å². The van der Waals surface area contributed by atoms with E-state index >= 15 is 0 Å². The molecule has 1 atom stereocenters. The van der Waals surface area contributed by atoms with Crippen LogP contribution in [0.5, 0.6) is 0 Å². The van der Waals surface area contributed by atoms with Gasteiger partial charge >= 0.3 is 6.18 Å². The maximum atomic E-state index is 13.1. The maximum Gasteiger partial charge on any atom is 0.416 e. The Morgan fingerprint density at radius 2 is 1.93 bits per heavy atom. The molecule has 1 fully saturated rings. The predicted molar refractivity (Wildman–Crippen MR) is 154 cm³/mol. The van der Waals surface area contributed by atoms with E-state index in [4.69, 9.17) is 5.73 Å². The summed E-state index contributed by atoms with van der Waals surface area (Å²) in [7, 11) is 0. The number of nitrogens with one attached hydrogen (secondary N) is 2. The fourth-order valence-electron chi connectivity index (χ4n) is 4.34. The molecule has 0 radical (unpaired) electrons. The van der Waals surface area contributed by atoms with Crippen molar-refractivity contribution >= 4 is 29.0 Å². The van der Waals surface area contributed by atoms with E-state index in [0.29, 0.717) is 17.7 Å². The third-order valence-electron chi connectivity index (χ3n) is 6.86. The Morgan fingerprint density at radius 3 is 2.66 bits per heavy atom. The molecule has 3 aromatic carbocycles. The summed E-state index contributed by atoms with van der Waals surface area (Å²) in [6, 6.07) is 16.0. The van der Waals surface area contributed by atoms with E-state index in [0.717, 1.165) is 58.1 Å². The van der Waals surface area contributed by atoms with Crippen molar-refractivity contribution < 1.29 is 18.0 Å². The summed E-state index contributed by atoms with van der Waals surface area (Å²) in [5, 5.41) is 6.74. The second kappa shape index (κ2) is 11.4. The average molecular weight is 559 g/mol. The van der Waals surface area contributed by atoms with Gasteiger partial charge in [-0.1, -0.05) is 24.3 Å². The molecule has 4 aromatic rings. The third kappa shape index (κ3) is 6.71. The number of aryl methyl sites for hydroxylation is 1. The molecule has 210 valence electrons. The van der Waals surface area contributed by atoms with Crippen molar-refractivity contribution in [1.29, 1.82) is 0 Å². The fourth-order valence-corrected chi connectivity index (χ4v) is 4.34. The summed E-state index contributed by atoms with van der Waals surface area (Å²) in [4.78, 5) is 26.2. The molecule has 1 saturated carbocycles. The molecule has 4 N–H and O–H groups in total. The van der Waals surface area contributed by atoms with Crippen LogP contribution in [0.3, 0.4) is 0 Å². The standard InChI is InChI=1S/C31H29F3N6O/c1-18-6-7-20(19(2)38-29(41)22-4-3-5-24(13-22)31(32,33)34)14-27(18)21-8-11-28-23(12-21)16-37-30(40-28)39-26(15-35)17-36-25-9-10-25/h3-8,11-17,19,25H,9-10,35H2,1-2H3,(H,38,41)(H,37,39,40). The number of carbonyl (C=O) groups excluding carboxylic acids is 1. The molecule has 5 rings (SSSR count). The number of halogens is 3. The molecule has 41 heavy (non-hydrogen) atoms. The smallest absolute Gasteiger partial charge is 0.403 e. The van der Waals surface area contributed by atoms with Gasteiger partial charge in [-0.05, 0) is 85.3 Å². The topological polar surface area (TPSA) is 105 Å². The summed E-state index contributed by atoms with van der Waals surface area (Å²) in [6.07, 6.45) is 2.54. The van der Waals surface area contributed by atoms with Gasteiger partial charge in [-0.15, -0.1) is 0 Å². The van der Waals surface area contributed by atoms with Crippen LogP contribution in [0, 0.1) is 6.92 Å². The third-order valence-corrected chi connectivity index (χ3v) is 6.86. The van der Waals surface area contributed by atoms with Crippen LogP contribution < -0.4 is 16.4 Å². The van der Waals surface area contributed by atoms with E-state index in [1.807, 2.05) is 43.3 Å². The Bertz CT molecular complexity index is 1660. The molecule has 0 spiro atoms. The molecule has 1 amide bonds. The highest BCUT2D eigenvalue weighted by molar-refractivity contribution is 5.94. The van der Waals surface area contributed by atoms with E-state index in [9.17, 15) is 18.0 Å². The lowest BCUT2D eigenvalue weighted by atomic mass is 9.95. The van der Waals surface area contributed by atoms with Crippen LogP contribution >= 0.6 is 0 Å². The molecule has 1 aliphatic carbocycles. The summed E-state index contributed by atoms with van der Waals surface area (Å²) >= 11 is 0. The predicted octanol–water partition coefficient (Wildman–Crippen LogP) is 6.56. The molecule has 1 heterocycles. The lowest BCUT2D eigenvalue weighted by Crippen LogP contribution is -2.27. The minimum Gasteiger partial charge on any atom is -0.403 e. The number of carbonyl (C=O) groups is 1. The molecule has 0 bridgehead atoms. The van der Waals surface area contributed by atoms with Gasteiger partial charge in [0, 0.05) is 29.6 Å². The number of alkyl halides is 3. The lowest BCUT2D eigenvalue weighted by molar-refractivity contribution is -0.137. The van der Waals surface area contributed by atoms with E-state index in [-0.39, 0.29) is 5.56 Å². The number of amides is 1. The van der Waals surface area contributed by atoms with Crippen LogP contribution in [-0.4, -0.2) is 28.1 Å². The van der Waals surface area contributed by atoms with Crippen molar-refractivity contribution in [2.45, 2.75) is 44.9 Å². The molecule has 7 nitrogen and oxygen atoms in total. The first-order valence-electron chi connectivity index (χ1n) is 13.2. The van der Waals surface area contributed by atoms with Crippen LogP contribution in [-0.2, 0) is 6.18 Å². The number of allylic oxidation sites excluding steroid dienone is 1. The fraction of sp³-hybridized carbons (Fsp3) is 0.226. The Kier molecular flexibility index (Phi) is 7.74. The summed E-state index contributed by atoms with van der Waals surface area (Å²) in [6.45, 7) is 3.78. The summed E-state index contributed by atoms with van der Waals surface area (Å²) in [5.74, 6) is -0.169. The number of aromatic nitrogens is 2. The maximum absolute atomic E-state index is 13.1. The number of nitrogens with two attached hydrogens (primary N) is 1. The molecule has 1 aromatic heterocycles. The zero-order valence-corrected chi connectivity index (χ0v) is 22.5. The highest BCUT2D eigenvalue weighted by atomic mass is 19.4. The van der Waals surface area contributed by atoms with Gasteiger partial charge in [0.25, 0.3) is 5.91 Å². The van der Waals surface area contributed by atoms with Crippen LogP contribution in [0.4, 0.5) is 19.1 Å². The van der Waals surface area contributed by atoms with Crippen molar-refractivity contribution in [3.63, 3.8) is 0 Å². The average Bonchev–Trinajstić information content (AvgIpc) is 3.79. The van der Waals surface area contributed by atoms with Crippen LogP contribution in [0.15, 0.2) is 83.7 Å². The molecular weight excluding hydrogens is 529 g/mol. The van der Waals surface area contributed by atoms with Crippen LogP contribution in [0.25, 0.3) is 22.0 Å². The largest absolute Gasteiger partial charge is 0.416 e. The number of hydrogen-bond acceptors (Lipinski definition) is 6. The number of hydrogen-bond donors (Lipinski definition) is 3. The van der Waals surface area contributed by atoms with E-state index < -0.39 is 23.7 Å². The zero-order valence-electron chi connectivity index (χ0n) is 22.5. The van der Waals surface area contributed by atoms with Crippen molar-refractivity contribution in [3.05, 3.63) is 101 Å². The van der Waals surface area contributed by atoms with Crippen LogP contribution in [0.2, 0.25) is 0 Å². The molecule has 1 aliphatic rings. The zero-order chi connectivity index (χ0) is 29.1. The molecular formula is C31H29F3N6O. The Morgan fingerprint density at radius 1 is 1.12 bits per heavy atom. The van der Waals surface area contributed by atoms with Gasteiger partial charge in [0.2, 0.25) is 5.95 Å². The van der Waals surface area contributed by atoms with Crippen LogP contribution in [0.1, 0.15) is 52.9 Å². The highest BCUT2D eigenvalue weighted by Crippen LogP contribution is 2.31. The SMILES string of the molecule is Cc1ccc(C(C)NC(=O)c2cccc(C(F)(F)F)c2)cc1-c1ccc2nc(NC(C=NC3CC3)=CN)ncc2c1. The first kappa shape index (κ1) is 27.8. The first-order chi connectivity index (χ1) is 19.6. The monoisotopic (exact) mass is 558 g/mol. The Labute approximate surface area is 235 Å². The van der Waals surface area contributed by atoms with Gasteiger partial charge in [0.05, 0.1) is 28.9 Å². The molecule has 10 heteroatoms. The first-order valence-corrected chi connectivity index (χ1v) is 13.2. The van der Waals surface area contributed by atoms with Crippen molar-refractivity contribution in [2.24, 2.45) is 10.7 Å². The Hall–Kier alpha value is -4.73. The minimum atomic E-state index is -4.52. The highest BCUT2D eigenvalue weighted by Gasteiger charge is 2.31. The molecule has 1 unspecified atom stereocenters. The minimum absolute atomic E-state index is 0.0494. The molecule has 0 saturated heterocycles. The number of benzene rings is 3. The van der Waals surface area contributed by atoms with Gasteiger partial charge in [-0.3, -0.25) is 9.79 Å². The van der Waals surface area contributed by atoms with Gasteiger partial charge in [0.15, 0.2) is 0 Å². The molecule has 0 aliphatic heterocycles. The summed E-state index contributed by atoms with van der Waals surface area (Å²) < 4.78 is 39.3. The van der Waals surface area contributed by atoms with Gasteiger partial charge in [-0.2, -0.15) is 13.2 Å². The second-order valence-corrected chi connectivity index (χ2v) is 10.1. The van der Waals surface area contributed by atoms with E-state index in [1.165, 1.54) is 18.3 Å². The van der Waals surface area contributed by atoms with Crippen molar-refractivity contribution in [2.75, 3.05) is 5.32 Å². The van der Waals surface area contributed by atoms with Crippen molar-refractivity contribution in [3.8, 4) is 11.1 Å². The van der Waals surface area contributed by atoms with Crippen molar-refractivity contribution in [1.82, 2.24) is 15.3 Å². The number of fused-ring (bicyclic) bond motifs is 1. The number of aliphatic imine (C=N–C) groups is 1. The number of nitrogens with zero attached hydrogens (tertiary/aromatic N) is 3. The quantitative estimate of drug-likeness (QED) is 0.213. The summed E-state index contributed by atoms with van der Waals surface area (Å²) in [5.41, 5.74) is 9.90. The Balaban J connectivity index is 1.33. The van der Waals surface area contributed by atoms with Gasteiger partial charge in [0.1, 0.15) is 0 Å². The number of rotatable bonds is 8. The van der Waals surface area contributed by atoms with Gasteiger partial charge in [-0.25, -0.2) is 9.97 Å². The lowest BCUT2D eigenvalue weighted by Gasteiger charge is -2.17.